The fourth-order valence-electron chi connectivity index (χ4n) is 1.43. The molecule has 0 rings (SSSR count). The predicted octanol–water partition coefficient (Wildman–Crippen LogP) is 1.78. The van der Waals surface area contributed by atoms with E-state index < -0.39 is 11.9 Å². The fourth-order valence-corrected chi connectivity index (χ4v) is 1.43. The predicted molar refractivity (Wildman–Crippen MR) is 66.9 cm³/mol. The lowest BCUT2D eigenvalue weighted by Crippen LogP contribution is -2.47. The van der Waals surface area contributed by atoms with Crippen LogP contribution in [0.4, 0.5) is 4.79 Å². The van der Waals surface area contributed by atoms with E-state index in [1.54, 1.807) is 25.8 Å². The van der Waals surface area contributed by atoms with Gasteiger partial charge >= 0.3 is 12.0 Å². The molecule has 5 nitrogen and oxygen atoms in total. The molecular weight excluding hydrogens is 220 g/mol. The Hall–Kier alpha value is -1.26. The van der Waals surface area contributed by atoms with E-state index >= 15 is 0 Å². The minimum Gasteiger partial charge on any atom is -0.481 e. The first-order chi connectivity index (χ1) is 7.54. The molecule has 0 saturated heterocycles. The van der Waals surface area contributed by atoms with Crippen molar-refractivity contribution in [2.24, 2.45) is 11.3 Å². The number of carboxylic acids is 1. The van der Waals surface area contributed by atoms with Gasteiger partial charge in [0, 0.05) is 19.6 Å². The van der Waals surface area contributed by atoms with Crippen LogP contribution in [0.3, 0.4) is 0 Å². The average Bonchev–Trinajstić information content (AvgIpc) is 2.13. The van der Waals surface area contributed by atoms with E-state index in [0.29, 0.717) is 6.54 Å². The number of hydrogen-bond acceptors (Lipinski definition) is 2. The maximum Gasteiger partial charge on any atom is 0.317 e. The summed E-state index contributed by atoms with van der Waals surface area (Å²) in [5.74, 6) is -1.50. The van der Waals surface area contributed by atoms with E-state index in [2.05, 4.69) is 5.32 Å². The molecule has 0 radical (unpaired) electrons. The minimum atomic E-state index is -0.906. The summed E-state index contributed by atoms with van der Waals surface area (Å²) >= 11 is 0. The van der Waals surface area contributed by atoms with Gasteiger partial charge in [-0.3, -0.25) is 4.79 Å². The topological polar surface area (TPSA) is 69.6 Å². The number of amides is 2. The molecule has 0 aromatic rings. The molecule has 0 heterocycles. The highest BCUT2D eigenvalue weighted by Gasteiger charge is 2.23. The molecule has 17 heavy (non-hydrogen) atoms. The summed E-state index contributed by atoms with van der Waals surface area (Å²) in [7, 11) is 1.71. The molecule has 0 aromatic carbocycles. The summed E-state index contributed by atoms with van der Waals surface area (Å²) in [6.45, 7) is 10.0. The van der Waals surface area contributed by atoms with Gasteiger partial charge < -0.3 is 15.3 Å². The monoisotopic (exact) mass is 244 g/mol. The second-order valence-corrected chi connectivity index (χ2v) is 5.78. The Morgan fingerprint density at radius 2 is 1.76 bits per heavy atom. The van der Waals surface area contributed by atoms with Gasteiger partial charge in [-0.05, 0) is 19.3 Å². The Morgan fingerprint density at radius 3 is 2.12 bits per heavy atom. The number of rotatable bonds is 4. The molecule has 2 amide bonds. The molecule has 0 bridgehead atoms. The van der Waals surface area contributed by atoms with Crippen molar-refractivity contribution in [1.82, 2.24) is 10.2 Å². The van der Waals surface area contributed by atoms with Crippen LogP contribution in [0, 0.1) is 11.3 Å². The van der Waals surface area contributed by atoms with Gasteiger partial charge in [-0.2, -0.15) is 0 Å². The molecule has 5 heteroatoms. The zero-order chi connectivity index (χ0) is 13.8. The summed E-state index contributed by atoms with van der Waals surface area (Å²) in [4.78, 5) is 24.1. The van der Waals surface area contributed by atoms with E-state index in [4.69, 9.17) is 5.11 Å². The number of urea groups is 1. The fraction of sp³-hybridized carbons (Fsp3) is 0.833. The Labute approximate surface area is 103 Å². The third-order valence-electron chi connectivity index (χ3n) is 2.55. The third kappa shape index (κ3) is 6.14. The number of carbonyl (C=O) groups excluding carboxylic acids is 1. The van der Waals surface area contributed by atoms with Gasteiger partial charge in [-0.1, -0.05) is 20.8 Å². The molecule has 0 aliphatic carbocycles. The second-order valence-electron chi connectivity index (χ2n) is 5.78. The van der Waals surface area contributed by atoms with Gasteiger partial charge in [0.05, 0.1) is 5.92 Å². The summed E-state index contributed by atoms with van der Waals surface area (Å²) in [6, 6.07) is -0.622. The van der Waals surface area contributed by atoms with Crippen LogP contribution in [0.1, 0.15) is 34.6 Å². The summed E-state index contributed by atoms with van der Waals surface area (Å²) in [5.41, 5.74) is 0.0216. The number of hydrogen-bond donors (Lipinski definition) is 2. The number of nitrogens with zero attached hydrogens (tertiary/aromatic N) is 1. The lowest BCUT2D eigenvalue weighted by Gasteiger charge is -2.28. The average molecular weight is 244 g/mol. The quantitative estimate of drug-likeness (QED) is 0.792. The lowest BCUT2D eigenvalue weighted by molar-refractivity contribution is -0.141. The van der Waals surface area contributed by atoms with Crippen LogP contribution in [-0.4, -0.2) is 41.6 Å². The zero-order valence-corrected chi connectivity index (χ0v) is 11.6. The largest absolute Gasteiger partial charge is 0.481 e. The summed E-state index contributed by atoms with van der Waals surface area (Å²) in [5, 5.41) is 11.5. The first-order valence-corrected chi connectivity index (χ1v) is 5.79. The first kappa shape index (κ1) is 15.7. The lowest BCUT2D eigenvalue weighted by atomic mass is 9.96. The van der Waals surface area contributed by atoms with E-state index in [9.17, 15) is 9.59 Å². The highest BCUT2D eigenvalue weighted by molar-refractivity contribution is 5.76. The molecule has 2 atom stereocenters. The van der Waals surface area contributed by atoms with Crippen LogP contribution in [0.2, 0.25) is 0 Å². The first-order valence-electron chi connectivity index (χ1n) is 5.79. The number of nitrogens with one attached hydrogen (secondary N) is 1. The Bertz CT molecular complexity index is 284. The highest BCUT2D eigenvalue weighted by atomic mass is 16.4. The second kappa shape index (κ2) is 5.89. The molecule has 0 aliphatic heterocycles. The minimum absolute atomic E-state index is 0.0216. The highest BCUT2D eigenvalue weighted by Crippen LogP contribution is 2.14. The molecular formula is C12H24N2O3. The van der Waals surface area contributed by atoms with Crippen molar-refractivity contribution < 1.29 is 14.7 Å². The summed E-state index contributed by atoms with van der Waals surface area (Å²) in [6.07, 6.45) is 0. The SMILES string of the molecule is CC(NC(=O)N(C)CC(C)(C)C)C(C)C(=O)O. The van der Waals surface area contributed by atoms with Crippen LogP contribution in [0.5, 0.6) is 0 Å². The molecule has 0 fully saturated rings. The zero-order valence-electron chi connectivity index (χ0n) is 11.6. The molecule has 0 aliphatic rings. The number of aliphatic carboxylic acids is 1. The molecule has 0 saturated carbocycles. The van der Waals surface area contributed by atoms with Gasteiger partial charge in [0.25, 0.3) is 0 Å². The smallest absolute Gasteiger partial charge is 0.317 e. The summed E-state index contributed by atoms with van der Waals surface area (Å²) < 4.78 is 0. The number of carboxylic acid groups (broad SMARTS) is 1. The van der Waals surface area contributed by atoms with Crippen LogP contribution in [0.25, 0.3) is 0 Å². The van der Waals surface area contributed by atoms with Crippen molar-refractivity contribution >= 4 is 12.0 Å². The maximum absolute atomic E-state index is 11.8. The van der Waals surface area contributed by atoms with Crippen LogP contribution >= 0.6 is 0 Å². The molecule has 2 N–H and O–H groups in total. The Morgan fingerprint density at radius 1 is 1.29 bits per heavy atom. The van der Waals surface area contributed by atoms with Crippen LogP contribution in [-0.2, 0) is 4.79 Å². The van der Waals surface area contributed by atoms with Crippen LogP contribution < -0.4 is 5.32 Å². The van der Waals surface area contributed by atoms with Crippen molar-refractivity contribution in [2.45, 2.75) is 40.7 Å². The van der Waals surface area contributed by atoms with Crippen molar-refractivity contribution in [2.75, 3.05) is 13.6 Å². The van der Waals surface area contributed by atoms with E-state index in [1.807, 2.05) is 20.8 Å². The Balaban J connectivity index is 4.30. The third-order valence-corrected chi connectivity index (χ3v) is 2.55. The van der Waals surface area contributed by atoms with Crippen LogP contribution in [0.15, 0.2) is 0 Å². The standard InChI is InChI=1S/C12H24N2O3/c1-8(10(15)16)9(2)13-11(17)14(6)7-12(3,4)5/h8-9H,7H2,1-6H3,(H,13,17)(H,15,16). The van der Waals surface area contributed by atoms with Gasteiger partial charge in [0.15, 0.2) is 0 Å². The molecule has 2 unspecified atom stereocenters. The number of carbonyl (C=O) groups is 2. The normalized spacial score (nSPS) is 14.9. The van der Waals surface area contributed by atoms with Gasteiger partial charge in [0.1, 0.15) is 0 Å². The molecule has 0 aromatic heterocycles. The van der Waals surface area contributed by atoms with E-state index in [1.165, 1.54) is 0 Å². The molecule has 100 valence electrons. The van der Waals surface area contributed by atoms with Crippen molar-refractivity contribution in [3.8, 4) is 0 Å². The van der Waals surface area contributed by atoms with Gasteiger partial charge in [-0.25, -0.2) is 4.79 Å². The van der Waals surface area contributed by atoms with Crippen molar-refractivity contribution in [3.63, 3.8) is 0 Å². The molecule has 0 spiro atoms. The van der Waals surface area contributed by atoms with Crippen molar-refractivity contribution in [3.05, 3.63) is 0 Å². The van der Waals surface area contributed by atoms with Crippen molar-refractivity contribution in [1.29, 1.82) is 0 Å². The maximum atomic E-state index is 11.8. The van der Waals surface area contributed by atoms with E-state index in [0.717, 1.165) is 0 Å². The van der Waals surface area contributed by atoms with Gasteiger partial charge in [0.2, 0.25) is 0 Å². The Kier molecular flexibility index (Phi) is 5.45. The van der Waals surface area contributed by atoms with E-state index in [-0.39, 0.29) is 17.5 Å². The van der Waals surface area contributed by atoms with Gasteiger partial charge in [-0.15, -0.1) is 0 Å².